The van der Waals surface area contributed by atoms with Crippen LogP contribution in [-0.4, -0.2) is 35.1 Å². The predicted octanol–water partition coefficient (Wildman–Crippen LogP) is 3.09. The van der Waals surface area contributed by atoms with Gasteiger partial charge in [0.15, 0.2) is 5.11 Å². The van der Waals surface area contributed by atoms with E-state index in [-0.39, 0.29) is 6.42 Å². The molecule has 142 valence electrons. The minimum atomic E-state index is -0.903. The van der Waals surface area contributed by atoms with Crippen molar-refractivity contribution in [1.29, 1.82) is 0 Å². The van der Waals surface area contributed by atoms with Crippen LogP contribution in [0.4, 0.5) is 0 Å². The molecule has 0 unspecified atom stereocenters. The zero-order chi connectivity index (χ0) is 19.1. The lowest BCUT2D eigenvalue weighted by Gasteiger charge is -2.30. The molecule has 1 saturated carbocycles. The van der Waals surface area contributed by atoms with Crippen LogP contribution in [0.1, 0.15) is 50.7 Å². The molecule has 1 aromatic rings. The van der Waals surface area contributed by atoms with Gasteiger partial charge in [-0.05, 0) is 61.7 Å². The van der Waals surface area contributed by atoms with E-state index in [1.165, 1.54) is 26.4 Å². The molecule has 7 heteroatoms. The zero-order valence-corrected chi connectivity index (χ0v) is 16.4. The SMILES string of the molecule is COc1ccc(/C(C)=N\NC(=S)N[C@H]2CCCC[C@H]2C)cc1CC(=O)O. The summed E-state index contributed by atoms with van der Waals surface area (Å²) in [5.74, 6) is 0.259. The van der Waals surface area contributed by atoms with Crippen molar-refractivity contribution >= 4 is 29.0 Å². The first-order valence-corrected chi connectivity index (χ1v) is 9.31. The molecule has 3 N–H and O–H groups in total. The van der Waals surface area contributed by atoms with Gasteiger partial charge >= 0.3 is 5.97 Å². The Balaban J connectivity index is 2.01. The van der Waals surface area contributed by atoms with Crippen LogP contribution in [0.2, 0.25) is 0 Å². The average Bonchev–Trinajstić information content (AvgIpc) is 2.61. The lowest BCUT2D eigenvalue weighted by Crippen LogP contribution is -2.44. The smallest absolute Gasteiger partial charge is 0.307 e. The number of carboxylic acid groups (broad SMARTS) is 1. The van der Waals surface area contributed by atoms with Crippen molar-refractivity contribution in [1.82, 2.24) is 10.7 Å². The molecule has 0 saturated heterocycles. The van der Waals surface area contributed by atoms with Crippen molar-refractivity contribution < 1.29 is 14.6 Å². The maximum atomic E-state index is 11.0. The van der Waals surface area contributed by atoms with Crippen LogP contribution >= 0.6 is 12.2 Å². The first-order chi connectivity index (χ1) is 12.4. The fourth-order valence-corrected chi connectivity index (χ4v) is 3.43. The topological polar surface area (TPSA) is 83.0 Å². The Morgan fingerprint density at radius 1 is 1.38 bits per heavy atom. The van der Waals surface area contributed by atoms with Crippen molar-refractivity contribution in [3.05, 3.63) is 29.3 Å². The Hall–Kier alpha value is -2.15. The van der Waals surface area contributed by atoms with E-state index < -0.39 is 5.97 Å². The van der Waals surface area contributed by atoms with E-state index in [4.69, 9.17) is 22.1 Å². The number of carboxylic acids is 1. The number of thiocarbonyl (C=S) groups is 1. The molecular formula is C19H27N3O3S. The highest BCUT2D eigenvalue weighted by Gasteiger charge is 2.21. The van der Waals surface area contributed by atoms with Crippen LogP contribution in [0.5, 0.6) is 5.75 Å². The highest BCUT2D eigenvalue weighted by molar-refractivity contribution is 7.80. The van der Waals surface area contributed by atoms with E-state index in [9.17, 15) is 4.79 Å². The van der Waals surface area contributed by atoms with Gasteiger partial charge in [-0.2, -0.15) is 5.10 Å². The van der Waals surface area contributed by atoms with Crippen molar-refractivity contribution in [2.75, 3.05) is 7.11 Å². The summed E-state index contributed by atoms with van der Waals surface area (Å²) in [6, 6.07) is 5.78. The fraction of sp³-hybridized carbons (Fsp3) is 0.526. The summed E-state index contributed by atoms with van der Waals surface area (Å²) >= 11 is 5.35. The molecule has 0 radical (unpaired) electrons. The van der Waals surface area contributed by atoms with Gasteiger partial charge in [0, 0.05) is 11.6 Å². The summed E-state index contributed by atoms with van der Waals surface area (Å²) in [5.41, 5.74) is 5.06. The lowest BCUT2D eigenvalue weighted by atomic mass is 9.86. The summed E-state index contributed by atoms with van der Waals surface area (Å²) in [6.45, 7) is 4.10. The van der Waals surface area contributed by atoms with Crippen LogP contribution < -0.4 is 15.5 Å². The van der Waals surface area contributed by atoms with E-state index in [0.717, 1.165) is 17.7 Å². The quantitative estimate of drug-likeness (QED) is 0.401. The van der Waals surface area contributed by atoms with Crippen LogP contribution in [0.25, 0.3) is 0 Å². The maximum Gasteiger partial charge on any atom is 0.307 e. The Morgan fingerprint density at radius 3 is 2.77 bits per heavy atom. The molecule has 2 atom stereocenters. The monoisotopic (exact) mass is 377 g/mol. The number of methoxy groups -OCH3 is 1. The minimum Gasteiger partial charge on any atom is -0.496 e. The van der Waals surface area contributed by atoms with Gasteiger partial charge in [0.05, 0.1) is 19.2 Å². The van der Waals surface area contributed by atoms with E-state index in [2.05, 4.69) is 22.8 Å². The average molecular weight is 378 g/mol. The number of benzene rings is 1. The molecule has 1 aromatic carbocycles. The molecule has 1 fully saturated rings. The second-order valence-corrected chi connectivity index (χ2v) is 7.16. The van der Waals surface area contributed by atoms with E-state index in [1.54, 1.807) is 12.1 Å². The molecular weight excluding hydrogens is 350 g/mol. The molecule has 0 aliphatic heterocycles. The van der Waals surface area contributed by atoms with Crippen molar-refractivity contribution in [3.63, 3.8) is 0 Å². The molecule has 6 nitrogen and oxygen atoms in total. The summed E-state index contributed by atoms with van der Waals surface area (Å²) in [5, 5.41) is 17.2. The van der Waals surface area contributed by atoms with Gasteiger partial charge in [-0.15, -0.1) is 0 Å². The molecule has 0 amide bonds. The summed E-state index contributed by atoms with van der Waals surface area (Å²) in [7, 11) is 1.53. The normalized spacial score (nSPS) is 20.3. The number of nitrogens with one attached hydrogen (secondary N) is 2. The molecule has 0 heterocycles. The van der Waals surface area contributed by atoms with Crippen molar-refractivity contribution in [3.8, 4) is 5.75 Å². The zero-order valence-electron chi connectivity index (χ0n) is 15.5. The van der Waals surface area contributed by atoms with Crippen LogP contribution in [0.3, 0.4) is 0 Å². The molecule has 1 aliphatic rings. The van der Waals surface area contributed by atoms with Gasteiger partial charge in [-0.1, -0.05) is 19.8 Å². The first-order valence-electron chi connectivity index (χ1n) is 8.90. The van der Waals surface area contributed by atoms with Crippen LogP contribution in [0, 0.1) is 5.92 Å². The van der Waals surface area contributed by atoms with E-state index in [0.29, 0.717) is 28.4 Å². The lowest BCUT2D eigenvalue weighted by molar-refractivity contribution is -0.136. The first kappa shape index (κ1) is 20.2. The fourth-order valence-electron chi connectivity index (χ4n) is 3.24. The Morgan fingerprint density at radius 2 is 2.12 bits per heavy atom. The molecule has 1 aliphatic carbocycles. The van der Waals surface area contributed by atoms with Gasteiger partial charge in [0.25, 0.3) is 0 Å². The Labute approximate surface area is 160 Å². The number of hydrogen-bond donors (Lipinski definition) is 3. The summed E-state index contributed by atoms with van der Waals surface area (Å²) in [4.78, 5) is 11.0. The van der Waals surface area contributed by atoms with Crippen molar-refractivity contribution in [2.24, 2.45) is 11.0 Å². The second kappa shape index (κ2) is 9.52. The molecule has 0 spiro atoms. The Kier molecular flexibility index (Phi) is 7.38. The second-order valence-electron chi connectivity index (χ2n) is 6.75. The number of aliphatic carboxylic acids is 1. The van der Waals surface area contributed by atoms with Gasteiger partial charge in [0.1, 0.15) is 5.75 Å². The highest BCUT2D eigenvalue weighted by atomic mass is 32.1. The van der Waals surface area contributed by atoms with Gasteiger partial charge in [-0.25, -0.2) is 0 Å². The highest BCUT2D eigenvalue weighted by Crippen LogP contribution is 2.23. The van der Waals surface area contributed by atoms with Crippen LogP contribution in [0.15, 0.2) is 23.3 Å². The van der Waals surface area contributed by atoms with E-state index >= 15 is 0 Å². The van der Waals surface area contributed by atoms with Gasteiger partial charge < -0.3 is 15.2 Å². The number of rotatable bonds is 6. The van der Waals surface area contributed by atoms with Gasteiger partial charge in [-0.3, -0.25) is 10.2 Å². The molecule has 0 aromatic heterocycles. The van der Waals surface area contributed by atoms with Gasteiger partial charge in [0.2, 0.25) is 0 Å². The third kappa shape index (κ3) is 5.69. The van der Waals surface area contributed by atoms with Crippen LogP contribution in [-0.2, 0) is 11.2 Å². The standard InChI is InChI=1S/C19H27N3O3S/c1-12-6-4-5-7-16(12)20-19(26)22-21-13(2)14-8-9-17(25-3)15(10-14)11-18(23)24/h8-10,12,16H,4-7,11H2,1-3H3,(H,23,24)(H2,20,22,26)/b21-13-/t12-,16+/m1/s1. The number of hydrogen-bond acceptors (Lipinski definition) is 4. The maximum absolute atomic E-state index is 11.0. The Bertz CT molecular complexity index is 691. The minimum absolute atomic E-state index is 0.0999. The number of carbonyl (C=O) groups is 1. The van der Waals surface area contributed by atoms with E-state index in [1.807, 2.05) is 13.0 Å². The summed E-state index contributed by atoms with van der Waals surface area (Å²) in [6.07, 6.45) is 4.76. The molecule has 0 bridgehead atoms. The predicted molar refractivity (Wildman–Crippen MR) is 107 cm³/mol. The van der Waals surface area contributed by atoms with Crippen molar-refractivity contribution in [2.45, 2.75) is 52.0 Å². The molecule has 26 heavy (non-hydrogen) atoms. The number of nitrogens with zero attached hydrogens (tertiary/aromatic N) is 1. The summed E-state index contributed by atoms with van der Waals surface area (Å²) < 4.78 is 5.22. The number of ether oxygens (including phenoxy) is 1. The molecule has 2 rings (SSSR count). The third-order valence-corrected chi connectivity index (χ3v) is 5.00. The number of hydrazone groups is 1. The third-order valence-electron chi connectivity index (χ3n) is 4.79. The largest absolute Gasteiger partial charge is 0.496 e.